The van der Waals surface area contributed by atoms with E-state index in [1.54, 1.807) is 6.92 Å². The molecule has 18 heavy (non-hydrogen) atoms. The molecule has 7 nitrogen and oxygen atoms in total. The van der Waals surface area contributed by atoms with E-state index >= 15 is 0 Å². The summed E-state index contributed by atoms with van der Waals surface area (Å²) in [6.07, 6.45) is 0.765. The van der Waals surface area contributed by atoms with Crippen molar-refractivity contribution < 1.29 is 24.6 Å². The third-order valence-electron chi connectivity index (χ3n) is 2.60. The van der Waals surface area contributed by atoms with Crippen molar-refractivity contribution in [3.05, 3.63) is 0 Å². The maximum absolute atomic E-state index is 11.7. The third kappa shape index (κ3) is 6.19. The van der Waals surface area contributed by atoms with Gasteiger partial charge in [-0.05, 0) is 25.8 Å². The molecule has 0 aromatic heterocycles. The molecule has 1 amide bonds. The average molecular weight is 260 g/mol. The van der Waals surface area contributed by atoms with Crippen molar-refractivity contribution in [3.63, 3.8) is 0 Å². The third-order valence-corrected chi connectivity index (χ3v) is 2.60. The first-order valence-electron chi connectivity index (χ1n) is 5.87. The summed E-state index contributed by atoms with van der Waals surface area (Å²) in [4.78, 5) is 33.2. The molecule has 0 aromatic rings. The van der Waals surface area contributed by atoms with E-state index in [4.69, 9.17) is 15.9 Å². The van der Waals surface area contributed by atoms with E-state index in [0.717, 1.165) is 0 Å². The molecule has 0 saturated carbocycles. The maximum atomic E-state index is 11.7. The van der Waals surface area contributed by atoms with Crippen molar-refractivity contribution in [2.75, 3.05) is 6.54 Å². The molecule has 2 atom stereocenters. The Morgan fingerprint density at radius 2 is 1.89 bits per heavy atom. The molecule has 0 saturated heterocycles. The Balaban J connectivity index is 4.46. The molecule has 0 aliphatic heterocycles. The van der Waals surface area contributed by atoms with Gasteiger partial charge >= 0.3 is 11.9 Å². The molecule has 0 radical (unpaired) electrons. The smallest absolute Gasteiger partial charge is 0.326 e. The van der Waals surface area contributed by atoms with Crippen molar-refractivity contribution >= 4 is 17.8 Å². The highest BCUT2D eigenvalue weighted by atomic mass is 16.4. The highest BCUT2D eigenvalue weighted by molar-refractivity contribution is 5.87. The number of rotatable bonds is 9. The summed E-state index contributed by atoms with van der Waals surface area (Å²) < 4.78 is 0. The molecule has 0 rings (SSSR count). The number of carbonyl (C=O) groups is 3. The minimum atomic E-state index is -1.14. The first-order valence-corrected chi connectivity index (χ1v) is 5.87. The zero-order chi connectivity index (χ0) is 14.1. The highest BCUT2D eigenvalue weighted by Gasteiger charge is 2.25. The topological polar surface area (TPSA) is 130 Å². The first kappa shape index (κ1) is 16.4. The summed E-state index contributed by atoms with van der Waals surface area (Å²) in [6.45, 7) is 2.02. The van der Waals surface area contributed by atoms with E-state index in [2.05, 4.69) is 5.32 Å². The van der Waals surface area contributed by atoms with Gasteiger partial charge < -0.3 is 21.3 Å². The Hall–Kier alpha value is -1.63. The van der Waals surface area contributed by atoms with Gasteiger partial charge in [-0.2, -0.15) is 0 Å². The zero-order valence-electron chi connectivity index (χ0n) is 10.4. The number of aliphatic carboxylic acids is 2. The Kier molecular flexibility index (Phi) is 7.69. The summed E-state index contributed by atoms with van der Waals surface area (Å²) >= 11 is 0. The van der Waals surface area contributed by atoms with Crippen molar-refractivity contribution in [3.8, 4) is 0 Å². The number of nitrogens with one attached hydrogen (secondary N) is 1. The van der Waals surface area contributed by atoms with Crippen LogP contribution in [0.4, 0.5) is 0 Å². The van der Waals surface area contributed by atoms with Crippen LogP contribution in [0.1, 0.15) is 32.6 Å². The molecule has 5 N–H and O–H groups in total. The minimum Gasteiger partial charge on any atom is -0.481 e. The zero-order valence-corrected chi connectivity index (χ0v) is 10.4. The molecule has 0 heterocycles. The van der Waals surface area contributed by atoms with Crippen LogP contribution in [0.2, 0.25) is 0 Å². The quantitative estimate of drug-likeness (QED) is 0.454. The summed E-state index contributed by atoms with van der Waals surface area (Å²) in [5.41, 5.74) is 5.28. The predicted molar refractivity (Wildman–Crippen MR) is 63.9 cm³/mol. The molecule has 7 heteroatoms. The molecule has 0 aromatic carbocycles. The van der Waals surface area contributed by atoms with E-state index in [0.29, 0.717) is 19.4 Å². The van der Waals surface area contributed by atoms with Gasteiger partial charge in [-0.3, -0.25) is 9.59 Å². The Bertz CT molecular complexity index is 306. The molecule has 0 bridgehead atoms. The van der Waals surface area contributed by atoms with Crippen LogP contribution >= 0.6 is 0 Å². The van der Waals surface area contributed by atoms with Crippen LogP contribution in [0.15, 0.2) is 0 Å². The fourth-order valence-electron chi connectivity index (χ4n) is 1.50. The van der Waals surface area contributed by atoms with E-state index < -0.39 is 29.8 Å². The maximum Gasteiger partial charge on any atom is 0.326 e. The van der Waals surface area contributed by atoms with Crippen molar-refractivity contribution in [2.45, 2.75) is 38.6 Å². The minimum absolute atomic E-state index is 0.237. The summed E-state index contributed by atoms with van der Waals surface area (Å²) in [5, 5.41) is 19.9. The lowest BCUT2D eigenvalue weighted by Gasteiger charge is -2.18. The van der Waals surface area contributed by atoms with Gasteiger partial charge in [0.2, 0.25) is 5.91 Å². The fraction of sp³-hybridized carbons (Fsp3) is 0.727. The van der Waals surface area contributed by atoms with Crippen LogP contribution in [0.5, 0.6) is 0 Å². The monoisotopic (exact) mass is 260 g/mol. The molecular formula is C11H20N2O5. The number of carboxylic acid groups (broad SMARTS) is 2. The SMILES string of the molecule is CCC(CC(=O)O)C(=O)NC(CCCN)C(=O)O. The van der Waals surface area contributed by atoms with Gasteiger partial charge in [-0.25, -0.2) is 4.79 Å². The lowest BCUT2D eigenvalue weighted by Crippen LogP contribution is -2.44. The lowest BCUT2D eigenvalue weighted by atomic mass is 10.0. The Labute approximate surface area is 105 Å². The van der Waals surface area contributed by atoms with Gasteiger partial charge in [0.15, 0.2) is 0 Å². The van der Waals surface area contributed by atoms with Gasteiger partial charge in [0, 0.05) is 5.92 Å². The van der Waals surface area contributed by atoms with E-state index in [1.807, 2.05) is 0 Å². The van der Waals surface area contributed by atoms with E-state index in [1.165, 1.54) is 0 Å². The van der Waals surface area contributed by atoms with Gasteiger partial charge in [-0.1, -0.05) is 6.92 Å². The normalized spacial score (nSPS) is 13.7. The molecular weight excluding hydrogens is 240 g/mol. The number of carboxylic acids is 2. The second-order valence-corrected chi connectivity index (χ2v) is 4.03. The van der Waals surface area contributed by atoms with Crippen LogP contribution in [0.3, 0.4) is 0 Å². The molecule has 0 fully saturated rings. The largest absolute Gasteiger partial charge is 0.481 e. The summed E-state index contributed by atoms with van der Waals surface area (Å²) in [6, 6.07) is -1.01. The number of carbonyl (C=O) groups excluding carboxylic acids is 1. The van der Waals surface area contributed by atoms with Gasteiger partial charge in [0.05, 0.1) is 6.42 Å². The lowest BCUT2D eigenvalue weighted by molar-refractivity contribution is -0.144. The molecule has 104 valence electrons. The summed E-state index contributed by atoms with van der Waals surface area (Å²) in [7, 11) is 0. The number of nitrogens with two attached hydrogens (primary N) is 1. The highest BCUT2D eigenvalue weighted by Crippen LogP contribution is 2.09. The molecule has 0 aliphatic carbocycles. The summed E-state index contributed by atoms with van der Waals surface area (Å²) in [5.74, 6) is -3.46. The predicted octanol–water partition coefficient (Wildman–Crippen LogP) is -0.204. The Morgan fingerprint density at radius 1 is 1.28 bits per heavy atom. The van der Waals surface area contributed by atoms with E-state index in [9.17, 15) is 14.4 Å². The van der Waals surface area contributed by atoms with Gasteiger partial charge in [0.25, 0.3) is 0 Å². The Morgan fingerprint density at radius 3 is 2.28 bits per heavy atom. The van der Waals surface area contributed by atoms with Crippen molar-refractivity contribution in [1.29, 1.82) is 0 Å². The van der Waals surface area contributed by atoms with Gasteiger partial charge in [-0.15, -0.1) is 0 Å². The van der Waals surface area contributed by atoms with Crippen LogP contribution in [0.25, 0.3) is 0 Å². The second kappa shape index (κ2) is 8.46. The fourth-order valence-corrected chi connectivity index (χ4v) is 1.50. The molecule has 0 spiro atoms. The first-order chi connectivity index (χ1) is 8.42. The van der Waals surface area contributed by atoms with Crippen molar-refractivity contribution in [1.82, 2.24) is 5.32 Å². The number of hydrogen-bond acceptors (Lipinski definition) is 4. The number of hydrogen-bond donors (Lipinski definition) is 4. The van der Waals surface area contributed by atoms with Crippen LogP contribution in [-0.2, 0) is 14.4 Å². The van der Waals surface area contributed by atoms with Crippen LogP contribution in [0, 0.1) is 5.92 Å². The van der Waals surface area contributed by atoms with Crippen LogP contribution in [-0.4, -0.2) is 40.6 Å². The van der Waals surface area contributed by atoms with E-state index in [-0.39, 0.29) is 12.8 Å². The standard InChI is InChI=1S/C11H20N2O5/c1-2-7(6-9(14)15)10(16)13-8(11(17)18)4-3-5-12/h7-8H,2-6,12H2,1H3,(H,13,16)(H,14,15)(H,17,18). The van der Waals surface area contributed by atoms with Crippen molar-refractivity contribution in [2.24, 2.45) is 11.7 Å². The molecule has 0 aliphatic rings. The van der Waals surface area contributed by atoms with Gasteiger partial charge in [0.1, 0.15) is 6.04 Å². The second-order valence-electron chi connectivity index (χ2n) is 4.03. The molecule has 2 unspecified atom stereocenters. The van der Waals surface area contributed by atoms with Crippen LogP contribution < -0.4 is 11.1 Å². The number of amides is 1. The average Bonchev–Trinajstić information content (AvgIpc) is 2.30.